The first-order valence-electron chi connectivity index (χ1n) is 10.2. The van der Waals surface area contributed by atoms with E-state index in [1.165, 1.54) is 5.01 Å². The first-order valence-corrected chi connectivity index (χ1v) is 10.2. The van der Waals surface area contributed by atoms with E-state index in [9.17, 15) is 14.4 Å². The maximum atomic E-state index is 13.1. The Morgan fingerprint density at radius 3 is 2.26 bits per heavy atom. The first kappa shape index (κ1) is 20.7. The van der Waals surface area contributed by atoms with Crippen molar-refractivity contribution in [3.63, 3.8) is 0 Å². The summed E-state index contributed by atoms with van der Waals surface area (Å²) in [6.07, 6.45) is 0. The number of anilines is 2. The van der Waals surface area contributed by atoms with Crippen molar-refractivity contribution in [2.75, 3.05) is 16.8 Å². The molecule has 0 aromatic heterocycles. The van der Waals surface area contributed by atoms with Crippen LogP contribution in [0.25, 0.3) is 0 Å². The topological polar surface area (TPSA) is 94.4 Å². The highest BCUT2D eigenvalue weighted by atomic mass is 16.2. The van der Waals surface area contributed by atoms with Crippen LogP contribution in [0.5, 0.6) is 0 Å². The summed E-state index contributed by atoms with van der Waals surface area (Å²) >= 11 is 0. The molecular weight excluding hydrogens is 394 g/mol. The molecule has 3 amide bonds. The molecule has 0 spiro atoms. The monoisotopic (exact) mass is 419 g/mol. The molecule has 2 aromatic carbocycles. The van der Waals surface area contributed by atoms with Crippen molar-refractivity contribution in [2.45, 2.75) is 46.7 Å². The molecule has 0 radical (unpaired) electrons. The summed E-state index contributed by atoms with van der Waals surface area (Å²) in [5.74, 6) is -1.16. The Morgan fingerprint density at radius 2 is 1.61 bits per heavy atom. The van der Waals surface area contributed by atoms with Crippen molar-refractivity contribution in [1.29, 1.82) is 0 Å². The molecule has 0 bridgehead atoms. The molecule has 1 fully saturated rings. The third-order valence-electron chi connectivity index (χ3n) is 5.85. The highest BCUT2D eigenvalue weighted by Gasteiger charge is 2.55. The van der Waals surface area contributed by atoms with E-state index >= 15 is 0 Å². The Balaban J connectivity index is 1.51. The highest BCUT2D eigenvalue weighted by Crippen LogP contribution is 2.32. The number of nitrogens with one attached hydrogen (secondary N) is 1. The number of fused-ring (bicyclic) bond motifs is 1. The number of nitrogens with zero attached hydrogens (tertiary/aromatic N) is 4. The van der Waals surface area contributed by atoms with Gasteiger partial charge in [0, 0.05) is 5.69 Å². The van der Waals surface area contributed by atoms with E-state index in [0.29, 0.717) is 5.69 Å². The van der Waals surface area contributed by atoms with Gasteiger partial charge in [0.25, 0.3) is 11.8 Å². The zero-order valence-corrected chi connectivity index (χ0v) is 18.3. The molecular formula is C23H25N5O3. The molecule has 0 aliphatic carbocycles. The number of hydrogen-bond acceptors (Lipinski definition) is 6. The molecule has 8 heteroatoms. The molecule has 2 aliphatic heterocycles. The quantitative estimate of drug-likeness (QED) is 0.770. The number of carbonyl (C=O) groups excluding carboxylic acids is 3. The third-order valence-corrected chi connectivity index (χ3v) is 5.85. The van der Waals surface area contributed by atoms with Gasteiger partial charge in [-0.2, -0.15) is 5.11 Å². The van der Waals surface area contributed by atoms with Crippen molar-refractivity contribution in [2.24, 2.45) is 10.3 Å². The van der Waals surface area contributed by atoms with Gasteiger partial charge in [-0.15, -0.1) is 0 Å². The molecule has 160 valence electrons. The van der Waals surface area contributed by atoms with Gasteiger partial charge in [0.1, 0.15) is 6.54 Å². The van der Waals surface area contributed by atoms with Crippen LogP contribution in [-0.4, -0.2) is 41.4 Å². The smallest absolute Gasteiger partial charge is 0.263 e. The summed E-state index contributed by atoms with van der Waals surface area (Å²) in [4.78, 5) is 39.8. The van der Waals surface area contributed by atoms with Crippen molar-refractivity contribution in [3.8, 4) is 0 Å². The van der Waals surface area contributed by atoms with E-state index in [4.69, 9.17) is 0 Å². The van der Waals surface area contributed by atoms with Gasteiger partial charge in [-0.1, -0.05) is 29.0 Å². The van der Waals surface area contributed by atoms with E-state index in [1.54, 1.807) is 6.07 Å². The Labute approximate surface area is 180 Å². The number of carbonyl (C=O) groups is 3. The van der Waals surface area contributed by atoms with Crippen LogP contribution in [0, 0.1) is 34.6 Å². The average Bonchev–Trinajstić information content (AvgIpc) is 3.21. The second kappa shape index (κ2) is 7.61. The Kier molecular flexibility index (Phi) is 5.08. The molecule has 31 heavy (non-hydrogen) atoms. The second-order valence-electron chi connectivity index (χ2n) is 8.29. The lowest BCUT2D eigenvalue weighted by atomic mass is 10.1. The van der Waals surface area contributed by atoms with Crippen LogP contribution in [-0.2, 0) is 14.4 Å². The fraction of sp³-hybridized carbons (Fsp3) is 0.348. The zero-order chi connectivity index (χ0) is 22.4. The second-order valence-corrected chi connectivity index (χ2v) is 8.29. The molecule has 8 nitrogen and oxygen atoms in total. The zero-order valence-electron chi connectivity index (χ0n) is 18.3. The van der Waals surface area contributed by atoms with Crippen LogP contribution in [0.15, 0.2) is 40.7 Å². The summed E-state index contributed by atoms with van der Waals surface area (Å²) < 4.78 is 0. The lowest BCUT2D eigenvalue weighted by Gasteiger charge is -2.21. The van der Waals surface area contributed by atoms with E-state index in [1.807, 2.05) is 58.9 Å². The summed E-state index contributed by atoms with van der Waals surface area (Å²) in [5.41, 5.74) is 6.34. The van der Waals surface area contributed by atoms with Crippen LogP contribution in [0.4, 0.5) is 11.4 Å². The van der Waals surface area contributed by atoms with Crippen LogP contribution in [0.1, 0.15) is 27.8 Å². The third kappa shape index (κ3) is 3.58. The normalized spacial score (nSPS) is 19.9. The van der Waals surface area contributed by atoms with Crippen LogP contribution in [0.3, 0.4) is 0 Å². The SMILES string of the molecule is Cc1cc(C)c(NC(=O)CN2N=N[C@@H]3C(=O)N(c4ccc(C)c(C)c4)C(=O)[C@H]32)c(C)c1. The summed E-state index contributed by atoms with van der Waals surface area (Å²) in [6, 6.07) is 7.59. The predicted molar refractivity (Wildman–Crippen MR) is 117 cm³/mol. The molecule has 1 N–H and O–H groups in total. The molecule has 1 saturated heterocycles. The Bertz CT molecular complexity index is 1120. The fourth-order valence-electron chi connectivity index (χ4n) is 4.18. The highest BCUT2D eigenvalue weighted by molar-refractivity contribution is 6.25. The average molecular weight is 419 g/mol. The van der Waals surface area contributed by atoms with Crippen molar-refractivity contribution in [1.82, 2.24) is 5.01 Å². The van der Waals surface area contributed by atoms with E-state index in [2.05, 4.69) is 15.7 Å². The predicted octanol–water partition coefficient (Wildman–Crippen LogP) is 3.16. The largest absolute Gasteiger partial charge is 0.324 e. The molecule has 2 aromatic rings. The van der Waals surface area contributed by atoms with E-state index < -0.39 is 23.9 Å². The minimum Gasteiger partial charge on any atom is -0.324 e. The van der Waals surface area contributed by atoms with Crippen LogP contribution < -0.4 is 10.2 Å². The molecule has 4 rings (SSSR count). The van der Waals surface area contributed by atoms with Gasteiger partial charge in [-0.05, 0) is 69.0 Å². The van der Waals surface area contributed by atoms with Gasteiger partial charge in [0.2, 0.25) is 5.91 Å². The van der Waals surface area contributed by atoms with E-state index in [0.717, 1.165) is 38.4 Å². The number of hydrogen-bond donors (Lipinski definition) is 1. The number of amides is 3. The van der Waals surface area contributed by atoms with E-state index in [-0.39, 0.29) is 12.5 Å². The fourth-order valence-corrected chi connectivity index (χ4v) is 4.18. The molecule has 0 saturated carbocycles. The van der Waals surface area contributed by atoms with Crippen LogP contribution in [0.2, 0.25) is 0 Å². The maximum absolute atomic E-state index is 13.1. The van der Waals surface area contributed by atoms with Crippen molar-refractivity contribution >= 4 is 29.1 Å². The lowest BCUT2D eigenvalue weighted by Crippen LogP contribution is -2.43. The minimum atomic E-state index is -0.926. The van der Waals surface area contributed by atoms with Crippen LogP contribution >= 0.6 is 0 Å². The number of benzene rings is 2. The standard InChI is InChI=1S/C23H25N5O3/c1-12-8-15(4)19(16(5)9-12)24-18(29)11-27-21-20(25-26-27)22(30)28(23(21)31)17-7-6-13(2)14(3)10-17/h6-10,20-21H,11H2,1-5H3,(H,24,29)/t20-,21-/m0/s1. The summed E-state index contributed by atoms with van der Waals surface area (Å²) in [7, 11) is 0. The van der Waals surface area contributed by atoms with Gasteiger partial charge < -0.3 is 5.32 Å². The summed E-state index contributed by atoms with van der Waals surface area (Å²) in [5, 5.41) is 12.2. The molecule has 2 atom stereocenters. The van der Waals surface area contributed by atoms with Gasteiger partial charge in [0.05, 0.1) is 5.69 Å². The lowest BCUT2D eigenvalue weighted by molar-refractivity contribution is -0.123. The van der Waals surface area contributed by atoms with Gasteiger partial charge in [-0.25, -0.2) is 4.90 Å². The Hall–Kier alpha value is -3.55. The maximum Gasteiger partial charge on any atom is 0.263 e. The minimum absolute atomic E-state index is 0.169. The number of aryl methyl sites for hydroxylation is 5. The molecule has 2 aliphatic rings. The van der Waals surface area contributed by atoms with Gasteiger partial charge in [0.15, 0.2) is 12.1 Å². The molecule has 0 unspecified atom stereocenters. The molecule has 2 heterocycles. The van der Waals surface area contributed by atoms with Gasteiger partial charge >= 0.3 is 0 Å². The van der Waals surface area contributed by atoms with Crippen molar-refractivity contribution < 1.29 is 14.4 Å². The summed E-state index contributed by atoms with van der Waals surface area (Å²) in [6.45, 7) is 9.59. The Morgan fingerprint density at radius 1 is 0.935 bits per heavy atom. The number of rotatable bonds is 4. The van der Waals surface area contributed by atoms with Crippen molar-refractivity contribution in [3.05, 3.63) is 58.1 Å². The van der Waals surface area contributed by atoms with Gasteiger partial charge in [-0.3, -0.25) is 19.4 Å². The first-order chi connectivity index (χ1) is 14.7. The number of imide groups is 1.